The third kappa shape index (κ3) is 2.04. The summed E-state index contributed by atoms with van der Waals surface area (Å²) in [6, 6.07) is -0.463. The van der Waals surface area contributed by atoms with Crippen molar-refractivity contribution in [3.05, 3.63) is 0 Å². The van der Waals surface area contributed by atoms with E-state index < -0.39 is 30.5 Å². The van der Waals surface area contributed by atoms with Crippen molar-refractivity contribution in [1.29, 1.82) is 0 Å². The maximum Gasteiger partial charge on any atom is 0.159 e. The van der Waals surface area contributed by atoms with Crippen molar-refractivity contribution < 1.29 is 20.1 Å². The van der Waals surface area contributed by atoms with Crippen LogP contribution in [0.25, 0.3) is 0 Å². The first kappa shape index (κ1) is 12.7. The third-order valence-electron chi connectivity index (χ3n) is 3.76. The summed E-state index contributed by atoms with van der Waals surface area (Å²) in [5.74, 6) is 0.199. The number of nitrogens with one attached hydrogen (secondary N) is 1. The Hall–Kier alpha value is -0.340. The molecular weight excluding hydrogens is 256 g/mol. The molecule has 0 radical (unpaired) electrons. The number of thioether (sulfide) groups is 1. The van der Waals surface area contributed by atoms with Gasteiger partial charge in [0, 0.05) is 7.05 Å². The molecule has 4 N–H and O–H groups in total. The molecule has 6 atom stereocenters. The second-order valence-corrected chi connectivity index (χ2v) is 6.16. The molecule has 0 amide bonds. The van der Waals surface area contributed by atoms with Crippen LogP contribution in [-0.2, 0) is 4.74 Å². The van der Waals surface area contributed by atoms with E-state index in [0.717, 1.165) is 12.8 Å². The molecule has 6 nitrogen and oxygen atoms in total. The fourth-order valence-corrected chi connectivity index (χ4v) is 3.56. The van der Waals surface area contributed by atoms with Gasteiger partial charge in [0.2, 0.25) is 0 Å². The van der Waals surface area contributed by atoms with Crippen molar-refractivity contribution in [1.82, 2.24) is 5.32 Å². The largest absolute Gasteiger partial charge is 0.390 e. The topological polar surface area (TPSA) is 94.3 Å². The minimum Gasteiger partial charge on any atom is -0.390 e. The number of rotatable bonds is 2. The van der Waals surface area contributed by atoms with Crippen molar-refractivity contribution in [2.75, 3.05) is 7.05 Å². The van der Waals surface area contributed by atoms with Crippen LogP contribution < -0.4 is 5.32 Å². The molecule has 3 rings (SSSR count). The summed E-state index contributed by atoms with van der Waals surface area (Å²) >= 11 is 1.39. The highest BCUT2D eigenvalue weighted by Crippen LogP contribution is 2.41. The van der Waals surface area contributed by atoms with Gasteiger partial charge in [0.05, 0.1) is 6.10 Å². The molecule has 2 heterocycles. The Morgan fingerprint density at radius 2 is 2.11 bits per heavy atom. The first-order valence-corrected chi connectivity index (χ1v) is 7.11. The van der Waals surface area contributed by atoms with Crippen LogP contribution in [-0.4, -0.2) is 63.4 Å². The van der Waals surface area contributed by atoms with Crippen LogP contribution in [0.2, 0.25) is 0 Å². The number of aliphatic hydroxyl groups excluding tert-OH is 3. The Bertz CT molecular complexity index is 363. The van der Waals surface area contributed by atoms with E-state index in [9.17, 15) is 15.3 Å². The van der Waals surface area contributed by atoms with Crippen LogP contribution in [0.15, 0.2) is 4.99 Å². The molecule has 102 valence electrons. The molecule has 3 aliphatic rings. The van der Waals surface area contributed by atoms with Crippen molar-refractivity contribution >= 4 is 16.9 Å². The lowest BCUT2D eigenvalue weighted by Gasteiger charge is -2.40. The Labute approximate surface area is 109 Å². The fourth-order valence-electron chi connectivity index (χ4n) is 2.50. The zero-order valence-corrected chi connectivity index (χ0v) is 10.9. The zero-order valence-electron chi connectivity index (χ0n) is 10.1. The minimum absolute atomic E-state index is 0.199. The number of nitrogens with zero attached hydrogens (tertiary/aromatic N) is 1. The highest BCUT2D eigenvalue weighted by atomic mass is 32.2. The van der Waals surface area contributed by atoms with Gasteiger partial charge >= 0.3 is 0 Å². The maximum atomic E-state index is 10.1. The Balaban J connectivity index is 1.74. The van der Waals surface area contributed by atoms with E-state index in [-0.39, 0.29) is 11.4 Å². The van der Waals surface area contributed by atoms with Gasteiger partial charge in [-0.1, -0.05) is 11.8 Å². The molecule has 2 fully saturated rings. The number of hydrogen-bond donors (Lipinski definition) is 4. The van der Waals surface area contributed by atoms with E-state index in [4.69, 9.17) is 4.74 Å². The lowest BCUT2D eigenvalue weighted by molar-refractivity contribution is -0.188. The van der Waals surface area contributed by atoms with Crippen LogP contribution in [0, 0.1) is 5.92 Å². The summed E-state index contributed by atoms with van der Waals surface area (Å²) in [7, 11) is 1.75. The van der Waals surface area contributed by atoms with Gasteiger partial charge in [-0.15, -0.1) is 0 Å². The number of ether oxygens (including phenoxy) is 1. The molecule has 0 aromatic heterocycles. The average Bonchev–Trinajstić information content (AvgIpc) is 3.13. The van der Waals surface area contributed by atoms with Crippen LogP contribution >= 0.6 is 11.8 Å². The van der Waals surface area contributed by atoms with Gasteiger partial charge in [-0.2, -0.15) is 0 Å². The lowest BCUT2D eigenvalue weighted by atomic mass is 9.93. The number of aliphatic imine (C=N–C) groups is 1. The van der Waals surface area contributed by atoms with Crippen LogP contribution in [0.5, 0.6) is 0 Å². The fraction of sp³-hybridized carbons (Fsp3) is 0.909. The Morgan fingerprint density at radius 1 is 1.39 bits per heavy atom. The summed E-state index contributed by atoms with van der Waals surface area (Å²) in [6.45, 7) is 0. The molecule has 0 aromatic carbocycles. The van der Waals surface area contributed by atoms with Gasteiger partial charge in [0.25, 0.3) is 0 Å². The third-order valence-corrected chi connectivity index (χ3v) is 4.91. The standard InChI is InChI=1S/C11H18N2O4S/c1-12-11-13-5-7(15)8(16)9(17-10(5)18-11)6(14)4-2-3-4/h4-10,14-16H,2-3H2,1H3,(H,12,13)/t5-,6?,7-,8+,9-,10-/m1/s1. The normalized spacial score (nSPS) is 45.3. The van der Waals surface area contributed by atoms with Gasteiger partial charge in [0.1, 0.15) is 29.8 Å². The highest BCUT2D eigenvalue weighted by molar-refractivity contribution is 8.14. The number of aliphatic hydroxyl groups is 3. The summed E-state index contributed by atoms with van der Waals surface area (Å²) in [5.41, 5.74) is -0.329. The molecule has 0 bridgehead atoms. The molecule has 1 unspecified atom stereocenters. The van der Waals surface area contributed by atoms with E-state index in [2.05, 4.69) is 10.3 Å². The second kappa shape index (κ2) is 4.64. The Kier molecular flexibility index (Phi) is 3.27. The maximum absolute atomic E-state index is 10.1. The predicted molar refractivity (Wildman–Crippen MR) is 67.3 cm³/mol. The van der Waals surface area contributed by atoms with Crippen molar-refractivity contribution in [3.63, 3.8) is 0 Å². The first-order valence-electron chi connectivity index (χ1n) is 6.23. The van der Waals surface area contributed by atoms with Gasteiger partial charge < -0.3 is 25.4 Å². The molecule has 1 aliphatic carbocycles. The van der Waals surface area contributed by atoms with Gasteiger partial charge in [-0.05, 0) is 18.8 Å². The molecule has 0 spiro atoms. The number of fused-ring (bicyclic) bond motifs is 1. The molecule has 7 heteroatoms. The predicted octanol–water partition coefficient (Wildman–Crippen LogP) is -1.11. The molecule has 2 aliphatic heterocycles. The van der Waals surface area contributed by atoms with E-state index in [0.29, 0.717) is 5.17 Å². The van der Waals surface area contributed by atoms with E-state index in [1.165, 1.54) is 11.8 Å². The van der Waals surface area contributed by atoms with Crippen LogP contribution in [0.1, 0.15) is 12.8 Å². The molecular formula is C11H18N2O4S. The van der Waals surface area contributed by atoms with E-state index >= 15 is 0 Å². The number of hydrogen-bond acceptors (Lipinski definition) is 7. The molecule has 1 saturated carbocycles. The summed E-state index contributed by atoms with van der Waals surface area (Å²) in [5, 5.41) is 33.8. The first-order chi connectivity index (χ1) is 8.61. The van der Waals surface area contributed by atoms with Gasteiger partial charge in [-0.25, -0.2) is 0 Å². The molecule has 1 saturated heterocycles. The summed E-state index contributed by atoms with van der Waals surface area (Å²) in [4.78, 5) is 4.27. The Morgan fingerprint density at radius 3 is 2.72 bits per heavy atom. The summed E-state index contributed by atoms with van der Waals surface area (Å²) in [6.07, 6.45) is -1.56. The number of amidine groups is 1. The van der Waals surface area contributed by atoms with Gasteiger partial charge in [-0.3, -0.25) is 4.99 Å². The monoisotopic (exact) mass is 274 g/mol. The second-order valence-electron chi connectivity index (χ2n) is 5.07. The van der Waals surface area contributed by atoms with Crippen LogP contribution in [0.4, 0.5) is 0 Å². The minimum atomic E-state index is -1.08. The van der Waals surface area contributed by atoms with Crippen LogP contribution in [0.3, 0.4) is 0 Å². The highest BCUT2D eigenvalue weighted by Gasteiger charge is 2.52. The smallest absolute Gasteiger partial charge is 0.159 e. The van der Waals surface area contributed by atoms with Crippen molar-refractivity contribution in [2.45, 2.75) is 48.7 Å². The lowest BCUT2D eigenvalue weighted by Crippen LogP contribution is -2.58. The van der Waals surface area contributed by atoms with Crippen molar-refractivity contribution in [2.24, 2.45) is 10.9 Å². The quantitative estimate of drug-likeness (QED) is 0.510. The molecule has 18 heavy (non-hydrogen) atoms. The van der Waals surface area contributed by atoms with Crippen molar-refractivity contribution in [3.8, 4) is 0 Å². The van der Waals surface area contributed by atoms with Gasteiger partial charge in [0.15, 0.2) is 5.17 Å². The molecule has 0 aromatic rings. The average molecular weight is 274 g/mol. The summed E-state index contributed by atoms with van der Waals surface area (Å²) < 4.78 is 5.74. The zero-order chi connectivity index (χ0) is 12.9. The van der Waals surface area contributed by atoms with E-state index in [1.54, 1.807) is 7.05 Å². The van der Waals surface area contributed by atoms with E-state index in [1.807, 2.05) is 0 Å². The SMILES string of the molecule is CNC1=N[C@@H]2[C@@H](O)[C@H](O)[C@@H](C(O)C3CC3)O[C@@H]2S1.